The predicted molar refractivity (Wildman–Crippen MR) is 67.5 cm³/mol. The van der Waals surface area contributed by atoms with E-state index in [0.29, 0.717) is 0 Å². The summed E-state index contributed by atoms with van der Waals surface area (Å²) < 4.78 is 13.3. The first-order valence-corrected chi connectivity index (χ1v) is 6.20. The molecule has 3 heteroatoms. The maximum Gasteiger partial charge on any atom is 0.254 e. The second-order valence-corrected chi connectivity index (χ2v) is 4.35. The zero-order valence-corrected chi connectivity index (χ0v) is 10.5. The van der Waals surface area contributed by atoms with Crippen LogP contribution in [0.5, 0.6) is 0 Å². The van der Waals surface area contributed by atoms with Gasteiger partial charge in [-0.3, -0.25) is 4.79 Å². The van der Waals surface area contributed by atoms with Crippen LogP contribution in [0.3, 0.4) is 0 Å². The fraction of sp³-hybridized carbons (Fsp3) is 0.500. The Hall–Kier alpha value is -1.38. The van der Waals surface area contributed by atoms with Crippen LogP contribution in [0.2, 0.25) is 0 Å². The van der Waals surface area contributed by atoms with Crippen molar-refractivity contribution in [3.63, 3.8) is 0 Å². The van der Waals surface area contributed by atoms with Gasteiger partial charge < -0.3 is 5.32 Å². The van der Waals surface area contributed by atoms with E-state index in [4.69, 9.17) is 0 Å². The monoisotopic (exact) mass is 237 g/mol. The molecular formula is C14H20FNO. The van der Waals surface area contributed by atoms with Gasteiger partial charge in [-0.25, -0.2) is 4.39 Å². The van der Waals surface area contributed by atoms with Crippen molar-refractivity contribution in [1.82, 2.24) is 5.32 Å². The van der Waals surface area contributed by atoms with Crippen LogP contribution in [-0.4, -0.2) is 11.9 Å². The molecule has 0 saturated heterocycles. The normalized spacial score (nSPS) is 12.2. The number of hydrogen-bond acceptors (Lipinski definition) is 1. The first-order chi connectivity index (χ1) is 8.15. The average Bonchev–Trinajstić information content (AvgIpc) is 2.29. The number of nitrogens with one attached hydrogen (secondary N) is 1. The van der Waals surface area contributed by atoms with E-state index in [1.54, 1.807) is 12.1 Å². The molecule has 1 aromatic rings. The number of carbonyl (C=O) groups is 1. The number of unbranched alkanes of at least 4 members (excludes halogenated alkanes) is 2. The van der Waals surface area contributed by atoms with Crippen molar-refractivity contribution in [2.24, 2.45) is 0 Å². The highest BCUT2D eigenvalue weighted by atomic mass is 19.1. The summed E-state index contributed by atoms with van der Waals surface area (Å²) in [4.78, 5) is 11.8. The van der Waals surface area contributed by atoms with Gasteiger partial charge in [0.05, 0.1) is 5.56 Å². The lowest BCUT2D eigenvalue weighted by molar-refractivity contribution is 0.0934. The molecule has 94 valence electrons. The van der Waals surface area contributed by atoms with Crippen LogP contribution in [-0.2, 0) is 0 Å². The average molecular weight is 237 g/mol. The predicted octanol–water partition coefficient (Wildman–Crippen LogP) is 3.52. The number of benzene rings is 1. The van der Waals surface area contributed by atoms with Gasteiger partial charge in [0.1, 0.15) is 5.82 Å². The van der Waals surface area contributed by atoms with Gasteiger partial charge in [-0.2, -0.15) is 0 Å². The molecule has 1 atom stereocenters. The van der Waals surface area contributed by atoms with Gasteiger partial charge in [0, 0.05) is 6.04 Å². The Morgan fingerprint density at radius 2 is 2.06 bits per heavy atom. The summed E-state index contributed by atoms with van der Waals surface area (Å²) in [6, 6.07) is 6.14. The summed E-state index contributed by atoms with van der Waals surface area (Å²) in [7, 11) is 0. The largest absolute Gasteiger partial charge is 0.349 e. The summed E-state index contributed by atoms with van der Waals surface area (Å²) >= 11 is 0. The van der Waals surface area contributed by atoms with Crippen molar-refractivity contribution in [2.45, 2.75) is 45.6 Å². The Balaban J connectivity index is 2.46. The smallest absolute Gasteiger partial charge is 0.254 e. The number of amides is 1. The van der Waals surface area contributed by atoms with E-state index in [1.807, 2.05) is 6.92 Å². The summed E-state index contributed by atoms with van der Waals surface area (Å²) in [5.74, 6) is -0.794. The molecule has 0 fully saturated rings. The highest BCUT2D eigenvalue weighted by Gasteiger charge is 2.12. The number of carbonyl (C=O) groups excluding carboxylic acids is 1. The minimum absolute atomic E-state index is 0.0913. The highest BCUT2D eigenvalue weighted by Crippen LogP contribution is 2.08. The number of halogens is 1. The molecule has 0 spiro atoms. The Kier molecular flexibility index (Phi) is 5.67. The van der Waals surface area contributed by atoms with Crippen molar-refractivity contribution >= 4 is 5.91 Å². The lowest BCUT2D eigenvalue weighted by Crippen LogP contribution is -2.33. The van der Waals surface area contributed by atoms with Crippen LogP contribution in [0.15, 0.2) is 24.3 Å². The van der Waals surface area contributed by atoms with Crippen LogP contribution < -0.4 is 5.32 Å². The summed E-state index contributed by atoms with van der Waals surface area (Å²) in [6.45, 7) is 4.09. The fourth-order valence-corrected chi connectivity index (χ4v) is 1.72. The Morgan fingerprint density at radius 1 is 1.35 bits per heavy atom. The van der Waals surface area contributed by atoms with Gasteiger partial charge in [-0.15, -0.1) is 0 Å². The third-order valence-electron chi connectivity index (χ3n) is 2.74. The molecule has 2 nitrogen and oxygen atoms in total. The highest BCUT2D eigenvalue weighted by molar-refractivity contribution is 5.94. The van der Waals surface area contributed by atoms with Gasteiger partial charge in [-0.1, -0.05) is 38.3 Å². The van der Waals surface area contributed by atoms with Crippen LogP contribution in [0, 0.1) is 5.82 Å². The van der Waals surface area contributed by atoms with E-state index in [1.165, 1.54) is 18.6 Å². The molecule has 17 heavy (non-hydrogen) atoms. The molecule has 0 aromatic heterocycles. The first-order valence-electron chi connectivity index (χ1n) is 6.20. The molecule has 0 aliphatic rings. The van der Waals surface area contributed by atoms with E-state index in [2.05, 4.69) is 12.2 Å². The molecule has 1 unspecified atom stereocenters. The SMILES string of the molecule is CCCCCC(C)NC(=O)c1ccccc1F. The van der Waals surface area contributed by atoms with Gasteiger partial charge >= 0.3 is 0 Å². The van der Waals surface area contributed by atoms with E-state index < -0.39 is 5.82 Å². The van der Waals surface area contributed by atoms with Gasteiger partial charge in [0.15, 0.2) is 0 Å². The third kappa shape index (κ3) is 4.55. The molecule has 1 aromatic carbocycles. The Labute approximate surface area is 102 Å². The topological polar surface area (TPSA) is 29.1 Å². The molecule has 0 radical (unpaired) electrons. The lowest BCUT2D eigenvalue weighted by atomic mass is 10.1. The maximum atomic E-state index is 13.3. The minimum atomic E-state index is -0.467. The van der Waals surface area contributed by atoms with Crippen molar-refractivity contribution in [3.05, 3.63) is 35.6 Å². The van der Waals surface area contributed by atoms with E-state index in [-0.39, 0.29) is 17.5 Å². The molecular weight excluding hydrogens is 217 g/mol. The minimum Gasteiger partial charge on any atom is -0.349 e. The van der Waals surface area contributed by atoms with Crippen molar-refractivity contribution in [3.8, 4) is 0 Å². The van der Waals surface area contributed by atoms with Crippen molar-refractivity contribution < 1.29 is 9.18 Å². The lowest BCUT2D eigenvalue weighted by Gasteiger charge is -2.13. The molecule has 0 bridgehead atoms. The van der Waals surface area contributed by atoms with Gasteiger partial charge in [0.2, 0.25) is 0 Å². The second-order valence-electron chi connectivity index (χ2n) is 4.35. The van der Waals surface area contributed by atoms with Crippen molar-refractivity contribution in [2.75, 3.05) is 0 Å². The number of rotatable bonds is 6. The van der Waals surface area contributed by atoms with Gasteiger partial charge in [-0.05, 0) is 25.5 Å². The Morgan fingerprint density at radius 3 is 2.71 bits per heavy atom. The standard InChI is InChI=1S/C14H20FNO/c1-3-4-5-8-11(2)16-14(17)12-9-6-7-10-13(12)15/h6-7,9-11H,3-5,8H2,1-2H3,(H,16,17). The van der Waals surface area contributed by atoms with Gasteiger partial charge in [0.25, 0.3) is 5.91 Å². The summed E-state index contributed by atoms with van der Waals surface area (Å²) in [6.07, 6.45) is 4.36. The van der Waals surface area contributed by atoms with Crippen LogP contribution in [0.4, 0.5) is 4.39 Å². The summed E-state index contributed by atoms with van der Waals surface area (Å²) in [5, 5.41) is 2.82. The van der Waals surface area contributed by atoms with Crippen LogP contribution in [0.1, 0.15) is 49.9 Å². The molecule has 0 aliphatic carbocycles. The third-order valence-corrected chi connectivity index (χ3v) is 2.74. The molecule has 0 aliphatic heterocycles. The second kappa shape index (κ2) is 7.05. The van der Waals surface area contributed by atoms with Crippen LogP contribution >= 0.6 is 0 Å². The Bertz CT molecular complexity index is 365. The maximum absolute atomic E-state index is 13.3. The summed E-state index contributed by atoms with van der Waals surface area (Å²) in [5.41, 5.74) is 0.120. The van der Waals surface area contributed by atoms with E-state index >= 15 is 0 Å². The molecule has 0 heterocycles. The van der Waals surface area contributed by atoms with Crippen molar-refractivity contribution in [1.29, 1.82) is 0 Å². The molecule has 0 saturated carbocycles. The molecule has 1 rings (SSSR count). The molecule has 1 N–H and O–H groups in total. The zero-order valence-electron chi connectivity index (χ0n) is 10.5. The van der Waals surface area contributed by atoms with E-state index in [9.17, 15) is 9.18 Å². The van der Waals surface area contributed by atoms with E-state index in [0.717, 1.165) is 19.3 Å². The first kappa shape index (κ1) is 13.7. The molecule has 1 amide bonds. The fourth-order valence-electron chi connectivity index (χ4n) is 1.72. The van der Waals surface area contributed by atoms with Crippen LogP contribution in [0.25, 0.3) is 0 Å². The quantitative estimate of drug-likeness (QED) is 0.753. The number of hydrogen-bond donors (Lipinski definition) is 1. The zero-order chi connectivity index (χ0) is 12.7.